The summed E-state index contributed by atoms with van der Waals surface area (Å²) in [4.78, 5) is 2.25. The van der Waals surface area contributed by atoms with Crippen LogP contribution in [0.1, 0.15) is 16.9 Å². The lowest BCUT2D eigenvalue weighted by molar-refractivity contribution is 0.00311. The van der Waals surface area contributed by atoms with Gasteiger partial charge in [0.05, 0.1) is 26.1 Å². The molecule has 5 nitrogen and oxygen atoms in total. The molecule has 0 bridgehead atoms. The van der Waals surface area contributed by atoms with E-state index in [2.05, 4.69) is 17.0 Å². The Labute approximate surface area is 136 Å². The van der Waals surface area contributed by atoms with Crippen LogP contribution in [-0.4, -0.2) is 42.9 Å². The lowest BCUT2D eigenvalue weighted by Crippen LogP contribution is -2.38. The molecule has 2 heterocycles. The second-order valence-electron chi connectivity index (χ2n) is 5.87. The van der Waals surface area contributed by atoms with E-state index in [9.17, 15) is 5.11 Å². The molecule has 0 fully saturated rings. The summed E-state index contributed by atoms with van der Waals surface area (Å²) in [6.45, 7) is 3.09. The van der Waals surface area contributed by atoms with E-state index in [4.69, 9.17) is 13.9 Å². The van der Waals surface area contributed by atoms with Crippen molar-refractivity contribution in [1.29, 1.82) is 0 Å². The molecule has 124 valence electrons. The first-order valence-electron chi connectivity index (χ1n) is 7.91. The molecule has 1 atom stereocenters. The topological polar surface area (TPSA) is 55.1 Å². The molecule has 1 aromatic heterocycles. The maximum Gasteiger partial charge on any atom is 0.129 e. The van der Waals surface area contributed by atoms with Crippen LogP contribution in [0.25, 0.3) is 0 Å². The summed E-state index contributed by atoms with van der Waals surface area (Å²) in [5, 5.41) is 10.2. The third-order valence-corrected chi connectivity index (χ3v) is 4.11. The van der Waals surface area contributed by atoms with Gasteiger partial charge in [-0.2, -0.15) is 0 Å². The third-order valence-electron chi connectivity index (χ3n) is 4.11. The van der Waals surface area contributed by atoms with Gasteiger partial charge in [0.15, 0.2) is 0 Å². The number of nitrogens with zero attached hydrogens (tertiary/aromatic N) is 1. The van der Waals surface area contributed by atoms with E-state index in [0.717, 1.165) is 31.0 Å². The van der Waals surface area contributed by atoms with Crippen LogP contribution >= 0.6 is 0 Å². The standard InChI is InChI=1S/C18H23NO4/c1-21-17-5-4-14-6-7-19(10-15(14)9-17)11-16(20)12-22-13-18-3-2-8-23-18/h2-5,8-9,16,20H,6-7,10-13H2,1H3. The number of rotatable bonds is 7. The first-order chi connectivity index (χ1) is 11.2. The molecule has 5 heteroatoms. The molecular weight excluding hydrogens is 294 g/mol. The van der Waals surface area contributed by atoms with Gasteiger partial charge in [-0.3, -0.25) is 4.90 Å². The van der Waals surface area contributed by atoms with Crippen molar-refractivity contribution in [1.82, 2.24) is 4.90 Å². The Morgan fingerprint density at radius 1 is 1.30 bits per heavy atom. The first-order valence-corrected chi connectivity index (χ1v) is 7.91. The Kier molecular flexibility index (Phi) is 5.33. The van der Waals surface area contributed by atoms with Crippen LogP contribution in [0.3, 0.4) is 0 Å². The van der Waals surface area contributed by atoms with E-state index >= 15 is 0 Å². The van der Waals surface area contributed by atoms with Gasteiger partial charge >= 0.3 is 0 Å². The van der Waals surface area contributed by atoms with Gasteiger partial charge in [-0.15, -0.1) is 0 Å². The molecule has 1 aromatic carbocycles. The van der Waals surface area contributed by atoms with E-state index in [-0.39, 0.29) is 0 Å². The molecule has 1 unspecified atom stereocenters. The number of benzene rings is 1. The van der Waals surface area contributed by atoms with E-state index < -0.39 is 6.10 Å². The quantitative estimate of drug-likeness (QED) is 0.848. The van der Waals surface area contributed by atoms with E-state index in [0.29, 0.717) is 19.8 Å². The van der Waals surface area contributed by atoms with Gasteiger partial charge in [0, 0.05) is 19.6 Å². The number of β-amino-alcohol motifs (C(OH)–C–C–N with tert-alkyl or cyclic N) is 1. The zero-order valence-electron chi connectivity index (χ0n) is 13.4. The van der Waals surface area contributed by atoms with E-state index in [1.54, 1.807) is 13.4 Å². The summed E-state index contributed by atoms with van der Waals surface area (Å²) in [7, 11) is 1.68. The van der Waals surface area contributed by atoms with Crippen molar-refractivity contribution in [3.63, 3.8) is 0 Å². The minimum Gasteiger partial charge on any atom is -0.497 e. The van der Waals surface area contributed by atoms with Gasteiger partial charge in [0.2, 0.25) is 0 Å². The highest BCUT2D eigenvalue weighted by atomic mass is 16.5. The summed E-state index contributed by atoms with van der Waals surface area (Å²) in [5.41, 5.74) is 2.64. The maximum absolute atomic E-state index is 10.2. The highest BCUT2D eigenvalue weighted by Crippen LogP contribution is 2.23. The lowest BCUT2D eigenvalue weighted by atomic mass is 9.99. The summed E-state index contributed by atoms with van der Waals surface area (Å²) in [5.74, 6) is 1.66. The molecule has 1 aliphatic heterocycles. The predicted molar refractivity (Wildman–Crippen MR) is 86.3 cm³/mol. The van der Waals surface area contributed by atoms with Gasteiger partial charge in [-0.1, -0.05) is 6.07 Å². The fourth-order valence-electron chi connectivity index (χ4n) is 2.92. The molecule has 0 saturated carbocycles. The van der Waals surface area contributed by atoms with Crippen LogP contribution in [0.5, 0.6) is 5.75 Å². The fraction of sp³-hybridized carbons (Fsp3) is 0.444. The Hall–Kier alpha value is -1.82. The Bertz CT molecular complexity index is 611. The number of ether oxygens (including phenoxy) is 2. The number of hydrogen-bond donors (Lipinski definition) is 1. The molecule has 0 aliphatic carbocycles. The van der Waals surface area contributed by atoms with Crippen LogP contribution in [-0.2, 0) is 24.3 Å². The minimum absolute atomic E-state index is 0.308. The van der Waals surface area contributed by atoms with Crippen molar-refractivity contribution in [3.05, 3.63) is 53.5 Å². The van der Waals surface area contributed by atoms with Crippen molar-refractivity contribution in [2.75, 3.05) is 26.8 Å². The summed E-state index contributed by atoms with van der Waals surface area (Å²) >= 11 is 0. The minimum atomic E-state index is -0.503. The zero-order valence-corrected chi connectivity index (χ0v) is 13.4. The summed E-state index contributed by atoms with van der Waals surface area (Å²) < 4.78 is 16.0. The Balaban J connectivity index is 1.46. The monoisotopic (exact) mass is 317 g/mol. The summed E-state index contributed by atoms with van der Waals surface area (Å²) in [6.07, 6.45) is 2.12. The molecule has 1 N–H and O–H groups in total. The van der Waals surface area contributed by atoms with Crippen LogP contribution in [0.4, 0.5) is 0 Å². The molecule has 3 rings (SSSR count). The molecule has 2 aromatic rings. The highest BCUT2D eigenvalue weighted by molar-refractivity contribution is 5.37. The molecule has 0 spiro atoms. The largest absolute Gasteiger partial charge is 0.497 e. The second-order valence-corrected chi connectivity index (χ2v) is 5.87. The lowest BCUT2D eigenvalue weighted by Gasteiger charge is -2.30. The predicted octanol–water partition coefficient (Wildman–Crippen LogP) is 2.22. The first kappa shape index (κ1) is 16.1. The highest BCUT2D eigenvalue weighted by Gasteiger charge is 2.19. The average molecular weight is 317 g/mol. The molecule has 0 radical (unpaired) electrons. The van der Waals surface area contributed by atoms with Gasteiger partial charge in [0.25, 0.3) is 0 Å². The Morgan fingerprint density at radius 3 is 3.00 bits per heavy atom. The number of methoxy groups -OCH3 is 1. The fourth-order valence-corrected chi connectivity index (χ4v) is 2.92. The van der Waals surface area contributed by atoms with Crippen molar-refractivity contribution >= 4 is 0 Å². The van der Waals surface area contributed by atoms with Gasteiger partial charge < -0.3 is 19.0 Å². The van der Waals surface area contributed by atoms with Gasteiger partial charge in [-0.25, -0.2) is 0 Å². The van der Waals surface area contributed by atoms with Crippen molar-refractivity contribution in [2.45, 2.75) is 25.7 Å². The average Bonchev–Trinajstić information content (AvgIpc) is 3.07. The van der Waals surface area contributed by atoms with Crippen molar-refractivity contribution in [3.8, 4) is 5.75 Å². The number of aliphatic hydroxyl groups is 1. The van der Waals surface area contributed by atoms with Gasteiger partial charge in [-0.05, 0) is 41.8 Å². The number of fused-ring (bicyclic) bond motifs is 1. The van der Waals surface area contributed by atoms with Crippen LogP contribution in [0, 0.1) is 0 Å². The molecule has 23 heavy (non-hydrogen) atoms. The molecule has 0 saturated heterocycles. The van der Waals surface area contributed by atoms with Gasteiger partial charge in [0.1, 0.15) is 18.1 Å². The third kappa shape index (κ3) is 4.34. The van der Waals surface area contributed by atoms with Crippen LogP contribution in [0.2, 0.25) is 0 Å². The molecular formula is C18H23NO4. The smallest absolute Gasteiger partial charge is 0.129 e. The normalized spacial score (nSPS) is 16.1. The Morgan fingerprint density at radius 2 is 2.22 bits per heavy atom. The van der Waals surface area contributed by atoms with Crippen LogP contribution < -0.4 is 4.74 Å². The SMILES string of the molecule is COc1ccc2c(c1)CN(CC(O)COCc1ccco1)CC2. The maximum atomic E-state index is 10.2. The number of aliphatic hydroxyl groups excluding tert-OH is 1. The van der Waals surface area contributed by atoms with E-state index in [1.807, 2.05) is 18.2 Å². The van der Waals surface area contributed by atoms with E-state index in [1.165, 1.54) is 11.1 Å². The number of hydrogen-bond acceptors (Lipinski definition) is 5. The zero-order chi connectivity index (χ0) is 16.1. The number of furan rings is 1. The van der Waals surface area contributed by atoms with Crippen LogP contribution in [0.15, 0.2) is 41.0 Å². The molecule has 1 aliphatic rings. The van der Waals surface area contributed by atoms with Crippen molar-refractivity contribution in [2.24, 2.45) is 0 Å². The summed E-state index contributed by atoms with van der Waals surface area (Å²) in [6, 6.07) is 9.91. The molecule has 0 amide bonds. The van der Waals surface area contributed by atoms with Crippen molar-refractivity contribution < 1.29 is 19.0 Å². The second kappa shape index (κ2) is 7.64.